The van der Waals surface area contributed by atoms with Crippen molar-refractivity contribution in [2.24, 2.45) is 0 Å². The molecule has 0 radical (unpaired) electrons. The van der Waals surface area contributed by atoms with Gasteiger partial charge in [0.25, 0.3) is 5.91 Å². The Bertz CT molecular complexity index is 1380. The van der Waals surface area contributed by atoms with Gasteiger partial charge < -0.3 is 19.9 Å². The van der Waals surface area contributed by atoms with Gasteiger partial charge >= 0.3 is 6.18 Å². The molecule has 43 heavy (non-hydrogen) atoms. The Morgan fingerprint density at radius 2 is 1.70 bits per heavy atom. The van der Waals surface area contributed by atoms with Gasteiger partial charge in [-0.05, 0) is 62.2 Å². The molecule has 13 heteroatoms. The van der Waals surface area contributed by atoms with Crippen molar-refractivity contribution in [3.63, 3.8) is 0 Å². The highest BCUT2D eigenvalue weighted by Crippen LogP contribution is 2.33. The van der Waals surface area contributed by atoms with Crippen LogP contribution < -0.4 is 10.2 Å². The SMILES string of the molecule is CN(C)C=O.Cc1c(C(=O)Nc2ccc(N3CCC(N4CCOCC4)CC3)c(Cl)c2)cnn1-c1ccc(C(F)(F)F)cc1. The molecule has 5 rings (SSSR count). The van der Waals surface area contributed by atoms with Gasteiger partial charge in [-0.1, -0.05) is 11.6 Å². The molecular weight excluding hydrogens is 585 g/mol. The number of benzene rings is 2. The molecule has 2 aromatic carbocycles. The molecule has 0 spiro atoms. The van der Waals surface area contributed by atoms with Gasteiger partial charge in [-0.3, -0.25) is 14.5 Å². The van der Waals surface area contributed by atoms with Crippen LogP contribution in [0.2, 0.25) is 5.02 Å². The minimum absolute atomic E-state index is 0.315. The number of carbonyl (C=O) groups excluding carboxylic acids is 2. The lowest BCUT2D eigenvalue weighted by Gasteiger charge is -2.41. The zero-order valence-corrected chi connectivity index (χ0v) is 25.2. The van der Waals surface area contributed by atoms with Crippen molar-refractivity contribution < 1.29 is 27.5 Å². The van der Waals surface area contributed by atoms with E-state index in [1.54, 1.807) is 27.1 Å². The van der Waals surface area contributed by atoms with Crippen molar-refractivity contribution in [1.82, 2.24) is 19.6 Å². The van der Waals surface area contributed by atoms with Gasteiger partial charge in [0.05, 0.1) is 52.6 Å². The summed E-state index contributed by atoms with van der Waals surface area (Å²) in [5.74, 6) is -0.379. The fourth-order valence-electron chi connectivity index (χ4n) is 5.14. The summed E-state index contributed by atoms with van der Waals surface area (Å²) in [4.78, 5) is 28.6. The Balaban J connectivity index is 0.000000782. The number of amides is 2. The van der Waals surface area contributed by atoms with Crippen LogP contribution in [-0.2, 0) is 15.7 Å². The summed E-state index contributed by atoms with van der Waals surface area (Å²) in [6.45, 7) is 7.09. The third kappa shape index (κ3) is 8.27. The van der Waals surface area contributed by atoms with Crippen molar-refractivity contribution in [2.45, 2.75) is 32.0 Å². The lowest BCUT2D eigenvalue weighted by molar-refractivity contribution is -0.137. The molecule has 2 saturated heterocycles. The molecule has 3 heterocycles. The molecule has 1 aromatic heterocycles. The zero-order valence-electron chi connectivity index (χ0n) is 24.4. The highest BCUT2D eigenvalue weighted by atomic mass is 35.5. The Hall–Kier alpha value is -3.61. The first-order chi connectivity index (χ1) is 20.5. The minimum Gasteiger partial charge on any atom is -0.379 e. The monoisotopic (exact) mass is 620 g/mol. The van der Waals surface area contributed by atoms with E-state index in [4.69, 9.17) is 16.3 Å². The average Bonchev–Trinajstić information content (AvgIpc) is 3.39. The van der Waals surface area contributed by atoms with Gasteiger partial charge in [0.1, 0.15) is 0 Å². The Morgan fingerprint density at radius 1 is 1.07 bits per heavy atom. The van der Waals surface area contributed by atoms with Crippen molar-refractivity contribution in [1.29, 1.82) is 0 Å². The maximum Gasteiger partial charge on any atom is 0.416 e. The molecule has 2 fully saturated rings. The molecule has 3 aromatic rings. The van der Waals surface area contributed by atoms with Crippen LogP contribution in [0.3, 0.4) is 0 Å². The van der Waals surface area contributed by atoms with Crippen molar-refractivity contribution >= 4 is 35.3 Å². The van der Waals surface area contributed by atoms with E-state index in [-0.39, 0.29) is 5.91 Å². The van der Waals surface area contributed by atoms with E-state index in [1.165, 1.54) is 27.9 Å². The quantitative estimate of drug-likeness (QED) is 0.386. The number of piperidine rings is 1. The second-order valence-corrected chi connectivity index (χ2v) is 11.1. The molecule has 2 amide bonds. The summed E-state index contributed by atoms with van der Waals surface area (Å²) in [6.07, 6.45) is -0.135. The maximum atomic E-state index is 13.0. The largest absolute Gasteiger partial charge is 0.416 e. The number of halogens is 4. The number of nitrogens with one attached hydrogen (secondary N) is 1. The van der Waals surface area contributed by atoms with Crippen LogP contribution in [0.15, 0.2) is 48.7 Å². The standard InChI is InChI=1S/C27H29ClF3N5O2.C3H7NO/c1-18-23(17-32-36(18)22-5-2-19(3-6-22)27(29,30)31)26(37)33-20-4-7-25(24(28)16-20)35-10-8-21(9-11-35)34-12-14-38-15-13-34;1-4(2)3-5/h2-7,16-17,21H,8-15H2,1H3,(H,33,37);3H,1-2H3. The molecule has 0 saturated carbocycles. The summed E-state index contributed by atoms with van der Waals surface area (Å²) in [6, 6.07) is 10.7. The first-order valence-corrected chi connectivity index (χ1v) is 14.4. The highest BCUT2D eigenvalue weighted by Gasteiger charge is 2.30. The normalized spacial score (nSPS) is 16.3. The van der Waals surface area contributed by atoms with E-state index < -0.39 is 11.7 Å². The van der Waals surface area contributed by atoms with Crippen LogP contribution in [0.4, 0.5) is 24.5 Å². The fourth-order valence-corrected chi connectivity index (χ4v) is 5.44. The number of alkyl halides is 3. The first-order valence-electron chi connectivity index (χ1n) is 14.0. The van der Waals surface area contributed by atoms with Gasteiger partial charge in [-0.25, -0.2) is 4.68 Å². The number of hydrogen-bond donors (Lipinski definition) is 1. The molecule has 0 unspecified atom stereocenters. The number of anilines is 2. The lowest BCUT2D eigenvalue weighted by Crippen LogP contribution is -2.49. The number of aromatic nitrogens is 2. The summed E-state index contributed by atoms with van der Waals surface area (Å²) in [5.41, 5.74) is 2.00. The van der Waals surface area contributed by atoms with Crippen LogP contribution >= 0.6 is 11.6 Å². The molecule has 0 atom stereocenters. The van der Waals surface area contributed by atoms with Gasteiger partial charge in [0, 0.05) is 52.0 Å². The van der Waals surface area contributed by atoms with Crippen LogP contribution in [0.1, 0.15) is 34.5 Å². The Labute approximate surface area is 254 Å². The first kappa shape index (κ1) is 32.3. The van der Waals surface area contributed by atoms with Gasteiger partial charge in [-0.15, -0.1) is 0 Å². The van der Waals surface area contributed by atoms with Crippen LogP contribution in [0, 0.1) is 6.92 Å². The van der Waals surface area contributed by atoms with Crippen LogP contribution in [0.25, 0.3) is 5.69 Å². The number of ether oxygens (including phenoxy) is 1. The molecule has 2 aliphatic rings. The Morgan fingerprint density at radius 3 is 2.26 bits per heavy atom. The topological polar surface area (TPSA) is 82.9 Å². The van der Waals surface area contributed by atoms with E-state index in [9.17, 15) is 22.8 Å². The van der Waals surface area contributed by atoms with E-state index in [2.05, 4.69) is 20.2 Å². The van der Waals surface area contributed by atoms with Crippen molar-refractivity contribution in [3.8, 4) is 5.69 Å². The third-order valence-corrected chi connectivity index (χ3v) is 7.78. The molecule has 0 aliphatic carbocycles. The van der Waals surface area contributed by atoms with Crippen LogP contribution in [0.5, 0.6) is 0 Å². The van der Waals surface area contributed by atoms with E-state index in [0.29, 0.717) is 33.7 Å². The predicted molar refractivity (Wildman–Crippen MR) is 160 cm³/mol. The highest BCUT2D eigenvalue weighted by molar-refractivity contribution is 6.33. The number of nitrogens with zero attached hydrogens (tertiary/aromatic N) is 5. The molecule has 2 aliphatic heterocycles. The summed E-state index contributed by atoms with van der Waals surface area (Å²) >= 11 is 6.62. The smallest absolute Gasteiger partial charge is 0.379 e. The molecule has 0 bridgehead atoms. The second-order valence-electron chi connectivity index (χ2n) is 10.7. The lowest BCUT2D eigenvalue weighted by atomic mass is 10.0. The number of hydrogen-bond acceptors (Lipinski definition) is 6. The molecule has 9 nitrogen and oxygen atoms in total. The van der Waals surface area contributed by atoms with E-state index in [0.717, 1.165) is 76.5 Å². The van der Waals surface area contributed by atoms with Gasteiger partial charge in [0.2, 0.25) is 6.41 Å². The van der Waals surface area contributed by atoms with Crippen molar-refractivity contribution in [3.05, 3.63) is 70.5 Å². The predicted octanol–water partition coefficient (Wildman–Crippen LogP) is 5.11. The maximum absolute atomic E-state index is 13.0. The Kier molecular flexibility index (Phi) is 10.7. The third-order valence-electron chi connectivity index (χ3n) is 7.48. The average molecular weight is 621 g/mol. The summed E-state index contributed by atoms with van der Waals surface area (Å²) < 4.78 is 45.5. The van der Waals surface area contributed by atoms with Crippen LogP contribution in [-0.4, -0.2) is 91.4 Å². The molecular formula is C30H36ClF3N6O3. The number of rotatable bonds is 6. The van der Waals surface area contributed by atoms with Crippen molar-refractivity contribution in [2.75, 3.05) is 63.7 Å². The van der Waals surface area contributed by atoms with E-state index >= 15 is 0 Å². The van der Waals surface area contributed by atoms with E-state index in [1.807, 2.05) is 12.1 Å². The second kappa shape index (κ2) is 14.2. The fraction of sp³-hybridized carbons (Fsp3) is 0.433. The number of morpholine rings is 1. The van der Waals surface area contributed by atoms with Gasteiger partial charge in [0.15, 0.2) is 0 Å². The summed E-state index contributed by atoms with van der Waals surface area (Å²) in [7, 11) is 3.38. The molecule has 232 valence electrons. The minimum atomic E-state index is -4.42. The summed E-state index contributed by atoms with van der Waals surface area (Å²) in [5, 5.41) is 7.62. The number of carbonyl (C=O) groups is 2. The molecule has 1 N–H and O–H groups in total. The van der Waals surface area contributed by atoms with Gasteiger partial charge in [-0.2, -0.15) is 18.3 Å². The zero-order chi connectivity index (χ0) is 31.1.